The number of rotatable bonds is 3. The van der Waals surface area contributed by atoms with Crippen molar-refractivity contribution in [2.45, 2.75) is 6.92 Å². The Bertz CT molecular complexity index is 759. The fraction of sp³-hybridized carbons (Fsp3) is 0.200. The molecule has 7 heteroatoms. The van der Waals surface area contributed by atoms with Crippen molar-refractivity contribution in [3.05, 3.63) is 36.3 Å². The van der Waals surface area contributed by atoms with E-state index in [0.29, 0.717) is 5.82 Å². The molecule has 7 nitrogen and oxygen atoms in total. The Morgan fingerprint density at radius 3 is 2.95 bits per heavy atom. The van der Waals surface area contributed by atoms with Gasteiger partial charge in [-0.05, 0) is 19.1 Å². The lowest BCUT2D eigenvalue weighted by molar-refractivity contribution is -0.143. The number of ether oxygens (including phenoxy) is 1. The third-order valence-electron chi connectivity index (χ3n) is 3.12. The Kier molecular flexibility index (Phi) is 3.69. The number of fused-ring (bicyclic) bond motifs is 1. The van der Waals surface area contributed by atoms with Crippen molar-refractivity contribution in [1.82, 2.24) is 15.0 Å². The minimum absolute atomic E-state index is 0.208. The second-order valence-corrected chi connectivity index (χ2v) is 4.54. The molecule has 2 aromatic heterocycles. The Morgan fingerprint density at radius 1 is 1.36 bits per heavy atom. The van der Waals surface area contributed by atoms with Crippen LogP contribution >= 0.6 is 0 Å². The van der Waals surface area contributed by atoms with Crippen molar-refractivity contribution >= 4 is 23.8 Å². The van der Waals surface area contributed by atoms with E-state index in [4.69, 9.17) is 4.74 Å². The third kappa shape index (κ3) is 2.48. The molecular formula is C15H12N4O3. The number of carbonyl (C=O) groups is 2. The predicted octanol–water partition coefficient (Wildman–Crippen LogP) is 1.62. The zero-order valence-electron chi connectivity index (χ0n) is 11.8. The molecule has 1 aliphatic rings. The Labute approximate surface area is 126 Å². The van der Waals surface area contributed by atoms with E-state index in [1.165, 1.54) is 12.4 Å². The van der Waals surface area contributed by atoms with Crippen LogP contribution in [-0.4, -0.2) is 39.5 Å². The fourth-order valence-corrected chi connectivity index (χ4v) is 2.06. The van der Waals surface area contributed by atoms with Crippen LogP contribution in [0.5, 0.6) is 0 Å². The van der Waals surface area contributed by atoms with Crippen LogP contribution < -0.4 is 0 Å². The molecule has 2 aromatic rings. The number of aliphatic imine (C=N–C) groups is 1. The van der Waals surface area contributed by atoms with Gasteiger partial charge in [-0.15, -0.1) is 0 Å². The van der Waals surface area contributed by atoms with Crippen molar-refractivity contribution in [3.8, 4) is 11.4 Å². The SMILES string of the molecule is CCOC(=O)C1C=Nc2nc(-c3cccnc3)ncc2C1=O. The number of pyridine rings is 1. The van der Waals surface area contributed by atoms with E-state index in [0.717, 1.165) is 5.56 Å². The first-order valence-electron chi connectivity index (χ1n) is 6.73. The number of carbonyl (C=O) groups excluding carboxylic acids is 2. The van der Waals surface area contributed by atoms with Crippen molar-refractivity contribution in [2.24, 2.45) is 10.9 Å². The molecule has 0 saturated carbocycles. The molecule has 110 valence electrons. The summed E-state index contributed by atoms with van der Waals surface area (Å²) < 4.78 is 4.86. The van der Waals surface area contributed by atoms with Crippen molar-refractivity contribution in [1.29, 1.82) is 0 Å². The van der Waals surface area contributed by atoms with E-state index < -0.39 is 17.7 Å². The van der Waals surface area contributed by atoms with Gasteiger partial charge in [0.25, 0.3) is 0 Å². The van der Waals surface area contributed by atoms with E-state index >= 15 is 0 Å². The van der Waals surface area contributed by atoms with Gasteiger partial charge in [0.05, 0.1) is 12.2 Å². The minimum atomic E-state index is -1.03. The summed E-state index contributed by atoms with van der Waals surface area (Å²) in [4.78, 5) is 40.5. The molecule has 1 aliphatic heterocycles. The number of hydrogen-bond donors (Lipinski definition) is 0. The normalized spacial score (nSPS) is 16.2. The first-order valence-corrected chi connectivity index (χ1v) is 6.73. The smallest absolute Gasteiger partial charge is 0.322 e. The lowest BCUT2D eigenvalue weighted by atomic mass is 9.98. The minimum Gasteiger partial charge on any atom is -0.465 e. The largest absolute Gasteiger partial charge is 0.465 e. The van der Waals surface area contributed by atoms with Crippen LogP contribution in [-0.2, 0) is 9.53 Å². The molecule has 0 radical (unpaired) electrons. The van der Waals surface area contributed by atoms with Gasteiger partial charge in [-0.2, -0.15) is 0 Å². The maximum atomic E-state index is 12.3. The van der Waals surface area contributed by atoms with Gasteiger partial charge in [0.2, 0.25) is 0 Å². The molecular weight excluding hydrogens is 284 g/mol. The van der Waals surface area contributed by atoms with Gasteiger partial charge in [-0.25, -0.2) is 15.0 Å². The summed E-state index contributed by atoms with van der Waals surface area (Å²) in [7, 11) is 0. The van der Waals surface area contributed by atoms with E-state index in [1.54, 1.807) is 25.4 Å². The molecule has 0 aromatic carbocycles. The molecule has 0 fully saturated rings. The first-order chi connectivity index (χ1) is 10.7. The van der Waals surface area contributed by atoms with Gasteiger partial charge >= 0.3 is 5.97 Å². The van der Waals surface area contributed by atoms with Gasteiger partial charge in [-0.3, -0.25) is 14.6 Å². The van der Waals surface area contributed by atoms with E-state index in [1.807, 2.05) is 6.07 Å². The van der Waals surface area contributed by atoms with Crippen LogP contribution in [0.2, 0.25) is 0 Å². The molecule has 3 heterocycles. The fourth-order valence-electron chi connectivity index (χ4n) is 2.06. The monoisotopic (exact) mass is 296 g/mol. The molecule has 0 saturated heterocycles. The highest BCUT2D eigenvalue weighted by molar-refractivity contribution is 6.21. The molecule has 22 heavy (non-hydrogen) atoms. The molecule has 1 atom stereocenters. The second kappa shape index (κ2) is 5.80. The topological polar surface area (TPSA) is 94.4 Å². The number of nitrogens with zero attached hydrogens (tertiary/aromatic N) is 4. The van der Waals surface area contributed by atoms with Crippen molar-refractivity contribution < 1.29 is 14.3 Å². The zero-order valence-corrected chi connectivity index (χ0v) is 11.8. The van der Waals surface area contributed by atoms with Crippen LogP contribution in [0.3, 0.4) is 0 Å². The van der Waals surface area contributed by atoms with Crippen molar-refractivity contribution in [3.63, 3.8) is 0 Å². The van der Waals surface area contributed by atoms with Crippen molar-refractivity contribution in [2.75, 3.05) is 6.61 Å². The lowest BCUT2D eigenvalue weighted by Gasteiger charge is -2.15. The molecule has 3 rings (SSSR count). The van der Waals surface area contributed by atoms with Gasteiger partial charge in [0, 0.05) is 30.4 Å². The average molecular weight is 296 g/mol. The molecule has 0 N–H and O–H groups in total. The average Bonchev–Trinajstić information content (AvgIpc) is 2.56. The highest BCUT2D eigenvalue weighted by atomic mass is 16.5. The quantitative estimate of drug-likeness (QED) is 0.631. The Hall–Kier alpha value is -2.96. The molecule has 0 bridgehead atoms. The van der Waals surface area contributed by atoms with Crippen LogP contribution in [0.15, 0.2) is 35.7 Å². The highest BCUT2D eigenvalue weighted by Gasteiger charge is 2.33. The molecule has 0 aliphatic carbocycles. The summed E-state index contributed by atoms with van der Waals surface area (Å²) in [6, 6.07) is 3.58. The summed E-state index contributed by atoms with van der Waals surface area (Å²) in [5.74, 6) is -1.37. The molecule has 1 unspecified atom stereocenters. The van der Waals surface area contributed by atoms with Crippen LogP contribution in [0.25, 0.3) is 11.4 Å². The number of ketones is 1. The summed E-state index contributed by atoms with van der Waals surface area (Å²) in [6.07, 6.45) is 5.92. The lowest BCUT2D eigenvalue weighted by Crippen LogP contribution is -2.30. The predicted molar refractivity (Wildman–Crippen MR) is 77.9 cm³/mol. The number of aromatic nitrogens is 3. The van der Waals surface area contributed by atoms with Crippen LogP contribution in [0.4, 0.5) is 5.82 Å². The van der Waals surface area contributed by atoms with Gasteiger partial charge < -0.3 is 4.74 Å². The zero-order chi connectivity index (χ0) is 15.5. The maximum absolute atomic E-state index is 12.3. The van der Waals surface area contributed by atoms with Gasteiger partial charge in [-0.1, -0.05) is 0 Å². The Morgan fingerprint density at radius 2 is 2.23 bits per heavy atom. The molecule has 0 spiro atoms. The first kappa shape index (κ1) is 14.0. The summed E-state index contributed by atoms with van der Waals surface area (Å²) in [6.45, 7) is 1.89. The second-order valence-electron chi connectivity index (χ2n) is 4.54. The maximum Gasteiger partial charge on any atom is 0.322 e. The van der Waals surface area contributed by atoms with Crippen LogP contribution in [0.1, 0.15) is 17.3 Å². The third-order valence-corrected chi connectivity index (χ3v) is 3.12. The molecule has 0 amide bonds. The van der Waals surface area contributed by atoms with Gasteiger partial charge in [0.15, 0.2) is 23.3 Å². The number of hydrogen-bond acceptors (Lipinski definition) is 7. The standard InChI is InChI=1S/C15H12N4O3/c1-2-22-15(21)11-8-18-14-10(12(11)20)7-17-13(19-14)9-4-3-5-16-6-9/h3-8,11H,2H2,1H3. The van der Waals surface area contributed by atoms with E-state index in [9.17, 15) is 9.59 Å². The summed E-state index contributed by atoms with van der Waals surface area (Å²) >= 11 is 0. The van der Waals surface area contributed by atoms with E-state index in [2.05, 4.69) is 19.9 Å². The van der Waals surface area contributed by atoms with E-state index in [-0.39, 0.29) is 18.0 Å². The number of Topliss-reactive ketones (excluding diaryl/α,β-unsaturated/α-hetero) is 1. The van der Waals surface area contributed by atoms with Gasteiger partial charge in [0.1, 0.15) is 0 Å². The summed E-state index contributed by atoms with van der Waals surface area (Å²) in [5, 5.41) is 0. The van der Waals surface area contributed by atoms with Crippen LogP contribution in [0, 0.1) is 5.92 Å². The number of esters is 1. The summed E-state index contributed by atoms with van der Waals surface area (Å²) in [5.41, 5.74) is 0.939. The highest BCUT2D eigenvalue weighted by Crippen LogP contribution is 2.26. The Balaban J connectivity index is 1.95.